The van der Waals surface area contributed by atoms with Crippen LogP contribution < -0.4 is 0 Å². The summed E-state index contributed by atoms with van der Waals surface area (Å²) in [6, 6.07) is 10.6. The highest BCUT2D eigenvalue weighted by molar-refractivity contribution is 5.90. The molecule has 0 fully saturated rings. The summed E-state index contributed by atoms with van der Waals surface area (Å²) in [5.41, 5.74) is 5.23. The number of rotatable bonds is 1. The van der Waals surface area contributed by atoms with Crippen LogP contribution in [0.5, 0.6) is 0 Å². The second kappa shape index (κ2) is 3.38. The van der Waals surface area contributed by atoms with Crippen molar-refractivity contribution in [2.45, 2.75) is 19.8 Å². The standard InChI is InChI=1S/C15H14O/c1-10-7-8-16-15(10)14-9-12-5-3-4-6-13(12)11(14)2/h3-9,11H,1-2H3. The van der Waals surface area contributed by atoms with Gasteiger partial charge in [0.25, 0.3) is 0 Å². The Hall–Kier alpha value is -1.76. The van der Waals surface area contributed by atoms with E-state index in [1.165, 1.54) is 22.3 Å². The Labute approximate surface area is 95.4 Å². The van der Waals surface area contributed by atoms with Crippen molar-refractivity contribution < 1.29 is 4.42 Å². The summed E-state index contributed by atoms with van der Waals surface area (Å²) in [5, 5.41) is 0. The van der Waals surface area contributed by atoms with E-state index in [-0.39, 0.29) is 0 Å². The van der Waals surface area contributed by atoms with Gasteiger partial charge in [0, 0.05) is 11.5 Å². The van der Waals surface area contributed by atoms with Crippen molar-refractivity contribution in [1.82, 2.24) is 0 Å². The van der Waals surface area contributed by atoms with Gasteiger partial charge in [-0.25, -0.2) is 0 Å². The molecule has 80 valence electrons. The normalized spacial score (nSPS) is 18.4. The highest BCUT2D eigenvalue weighted by Gasteiger charge is 2.24. The van der Waals surface area contributed by atoms with Gasteiger partial charge in [0.2, 0.25) is 0 Å². The third-order valence-electron chi connectivity index (χ3n) is 3.36. The monoisotopic (exact) mass is 210 g/mol. The van der Waals surface area contributed by atoms with Gasteiger partial charge in [0.05, 0.1) is 6.26 Å². The van der Waals surface area contributed by atoms with Gasteiger partial charge in [-0.1, -0.05) is 31.2 Å². The smallest absolute Gasteiger partial charge is 0.133 e. The summed E-state index contributed by atoms with van der Waals surface area (Å²) in [6.07, 6.45) is 4.01. The average molecular weight is 210 g/mol. The first-order valence-corrected chi connectivity index (χ1v) is 5.62. The van der Waals surface area contributed by atoms with Crippen LogP contribution in [0, 0.1) is 6.92 Å². The van der Waals surface area contributed by atoms with Gasteiger partial charge in [0.15, 0.2) is 0 Å². The molecule has 0 spiro atoms. The van der Waals surface area contributed by atoms with E-state index in [1.54, 1.807) is 6.26 Å². The second-order valence-corrected chi connectivity index (χ2v) is 4.38. The molecule has 1 heteroatoms. The topological polar surface area (TPSA) is 13.1 Å². The molecule has 2 aromatic rings. The van der Waals surface area contributed by atoms with Crippen LogP contribution in [-0.2, 0) is 0 Å². The number of aryl methyl sites for hydroxylation is 1. The highest BCUT2D eigenvalue weighted by atomic mass is 16.3. The van der Waals surface area contributed by atoms with Crippen molar-refractivity contribution in [1.29, 1.82) is 0 Å². The summed E-state index contributed by atoms with van der Waals surface area (Å²) < 4.78 is 5.58. The molecule has 0 saturated heterocycles. The third-order valence-corrected chi connectivity index (χ3v) is 3.36. The minimum atomic E-state index is 0.432. The fraction of sp³-hybridized carbons (Fsp3) is 0.200. The summed E-state index contributed by atoms with van der Waals surface area (Å²) in [6.45, 7) is 4.33. The van der Waals surface area contributed by atoms with E-state index in [0.29, 0.717) is 5.92 Å². The zero-order chi connectivity index (χ0) is 11.1. The van der Waals surface area contributed by atoms with E-state index < -0.39 is 0 Å². The molecule has 1 aliphatic carbocycles. The van der Waals surface area contributed by atoms with E-state index in [2.05, 4.69) is 44.2 Å². The van der Waals surface area contributed by atoms with Crippen molar-refractivity contribution in [3.05, 3.63) is 59.0 Å². The highest BCUT2D eigenvalue weighted by Crippen LogP contribution is 2.42. The number of furan rings is 1. The number of hydrogen-bond donors (Lipinski definition) is 0. The number of hydrogen-bond acceptors (Lipinski definition) is 1. The zero-order valence-corrected chi connectivity index (χ0v) is 9.53. The van der Waals surface area contributed by atoms with Crippen molar-refractivity contribution in [3.8, 4) is 0 Å². The van der Waals surface area contributed by atoms with Crippen LogP contribution >= 0.6 is 0 Å². The van der Waals surface area contributed by atoms with Crippen molar-refractivity contribution in [2.24, 2.45) is 0 Å². The van der Waals surface area contributed by atoms with E-state index in [1.807, 2.05) is 6.07 Å². The lowest BCUT2D eigenvalue weighted by Crippen LogP contribution is -1.92. The van der Waals surface area contributed by atoms with Gasteiger partial charge in [-0.15, -0.1) is 0 Å². The molecule has 0 saturated carbocycles. The van der Waals surface area contributed by atoms with E-state index >= 15 is 0 Å². The Morgan fingerprint density at radius 2 is 1.94 bits per heavy atom. The molecule has 1 aliphatic rings. The van der Waals surface area contributed by atoms with Gasteiger partial charge in [0.1, 0.15) is 5.76 Å². The lowest BCUT2D eigenvalue weighted by atomic mass is 9.95. The SMILES string of the molecule is Cc1ccoc1C1=Cc2ccccc2C1C. The maximum absolute atomic E-state index is 5.58. The minimum Gasteiger partial charge on any atom is -0.464 e. The van der Waals surface area contributed by atoms with E-state index in [0.717, 1.165) is 5.76 Å². The maximum Gasteiger partial charge on any atom is 0.133 e. The first kappa shape index (κ1) is 9.46. The predicted molar refractivity (Wildman–Crippen MR) is 66.2 cm³/mol. The molecular weight excluding hydrogens is 196 g/mol. The molecule has 1 atom stereocenters. The molecule has 1 heterocycles. The first-order chi connectivity index (χ1) is 7.77. The molecular formula is C15H14O. The summed E-state index contributed by atoms with van der Waals surface area (Å²) in [7, 11) is 0. The Balaban J connectivity index is 2.12. The summed E-state index contributed by atoms with van der Waals surface area (Å²) in [4.78, 5) is 0. The largest absolute Gasteiger partial charge is 0.464 e. The molecule has 3 rings (SSSR count). The lowest BCUT2D eigenvalue weighted by Gasteiger charge is -2.09. The lowest BCUT2D eigenvalue weighted by molar-refractivity contribution is 0.547. The Morgan fingerprint density at radius 1 is 1.12 bits per heavy atom. The minimum absolute atomic E-state index is 0.432. The molecule has 0 bridgehead atoms. The third kappa shape index (κ3) is 1.25. The number of allylic oxidation sites excluding steroid dienone is 1. The van der Waals surface area contributed by atoms with Gasteiger partial charge in [-0.2, -0.15) is 0 Å². The van der Waals surface area contributed by atoms with Crippen molar-refractivity contribution >= 4 is 11.6 Å². The fourth-order valence-electron chi connectivity index (χ4n) is 2.43. The van der Waals surface area contributed by atoms with Gasteiger partial charge >= 0.3 is 0 Å². The van der Waals surface area contributed by atoms with Crippen LogP contribution in [0.4, 0.5) is 0 Å². The van der Waals surface area contributed by atoms with Crippen LogP contribution in [0.25, 0.3) is 11.6 Å². The second-order valence-electron chi connectivity index (χ2n) is 4.38. The quantitative estimate of drug-likeness (QED) is 0.686. The molecule has 0 N–H and O–H groups in total. The Morgan fingerprint density at radius 3 is 2.62 bits per heavy atom. The fourth-order valence-corrected chi connectivity index (χ4v) is 2.43. The zero-order valence-electron chi connectivity index (χ0n) is 9.53. The molecule has 1 aromatic carbocycles. The van der Waals surface area contributed by atoms with E-state index in [4.69, 9.17) is 4.42 Å². The number of fused-ring (bicyclic) bond motifs is 1. The van der Waals surface area contributed by atoms with Crippen LogP contribution in [-0.4, -0.2) is 0 Å². The van der Waals surface area contributed by atoms with Crippen LogP contribution in [0.1, 0.15) is 35.3 Å². The molecule has 0 radical (unpaired) electrons. The van der Waals surface area contributed by atoms with Crippen molar-refractivity contribution in [2.75, 3.05) is 0 Å². The maximum atomic E-state index is 5.58. The molecule has 0 aliphatic heterocycles. The molecule has 1 unspecified atom stereocenters. The first-order valence-electron chi connectivity index (χ1n) is 5.62. The summed E-state index contributed by atoms with van der Waals surface area (Å²) in [5.74, 6) is 1.46. The van der Waals surface area contributed by atoms with E-state index in [9.17, 15) is 0 Å². The molecule has 1 aromatic heterocycles. The molecule has 16 heavy (non-hydrogen) atoms. The van der Waals surface area contributed by atoms with Crippen LogP contribution in [0.15, 0.2) is 41.0 Å². The van der Waals surface area contributed by atoms with Gasteiger partial charge < -0.3 is 4.42 Å². The molecule has 1 nitrogen and oxygen atoms in total. The van der Waals surface area contributed by atoms with Gasteiger partial charge in [-0.3, -0.25) is 0 Å². The average Bonchev–Trinajstić information content (AvgIpc) is 2.84. The molecule has 0 amide bonds. The van der Waals surface area contributed by atoms with Gasteiger partial charge in [-0.05, 0) is 35.8 Å². The Kier molecular flexibility index (Phi) is 2.00. The van der Waals surface area contributed by atoms with Crippen molar-refractivity contribution in [3.63, 3.8) is 0 Å². The van der Waals surface area contributed by atoms with Crippen LogP contribution in [0.3, 0.4) is 0 Å². The number of benzene rings is 1. The summed E-state index contributed by atoms with van der Waals surface area (Å²) >= 11 is 0. The van der Waals surface area contributed by atoms with Crippen LogP contribution in [0.2, 0.25) is 0 Å². The Bertz CT molecular complexity index is 560. The predicted octanol–water partition coefficient (Wildman–Crippen LogP) is 4.25.